The van der Waals surface area contributed by atoms with E-state index in [1.807, 2.05) is 0 Å². The van der Waals surface area contributed by atoms with Gasteiger partial charge in [0.05, 0.1) is 6.10 Å². The molecule has 0 aromatic heterocycles. The summed E-state index contributed by atoms with van der Waals surface area (Å²) in [6.45, 7) is 2.23. The molecule has 1 aliphatic rings. The van der Waals surface area contributed by atoms with Crippen molar-refractivity contribution < 1.29 is 9.53 Å². The Balaban J connectivity index is 1.95. The molecule has 2 atom stereocenters. The molecule has 0 aliphatic carbocycles. The Morgan fingerprint density at radius 3 is 2.64 bits per heavy atom. The molecule has 0 bridgehead atoms. The lowest BCUT2D eigenvalue weighted by molar-refractivity contribution is -0.117. The van der Waals surface area contributed by atoms with E-state index in [2.05, 4.69) is 6.92 Å². The first-order chi connectivity index (χ1) is 6.86. The SMILES string of the molecule is CCCCCCC[C@H]1CC[C@@H](C=O)O1. The topological polar surface area (TPSA) is 26.3 Å². The minimum Gasteiger partial charge on any atom is -0.368 e. The highest BCUT2D eigenvalue weighted by Gasteiger charge is 2.23. The van der Waals surface area contributed by atoms with Crippen molar-refractivity contribution >= 4 is 6.29 Å². The number of carbonyl (C=O) groups excluding carboxylic acids is 1. The van der Waals surface area contributed by atoms with E-state index < -0.39 is 0 Å². The van der Waals surface area contributed by atoms with Crippen molar-refractivity contribution in [1.29, 1.82) is 0 Å². The van der Waals surface area contributed by atoms with E-state index >= 15 is 0 Å². The first kappa shape index (κ1) is 11.7. The summed E-state index contributed by atoms with van der Waals surface area (Å²) in [5.74, 6) is 0. The number of ether oxygens (including phenoxy) is 1. The highest BCUT2D eigenvalue weighted by molar-refractivity contribution is 5.56. The van der Waals surface area contributed by atoms with Crippen LogP contribution in [0.4, 0.5) is 0 Å². The standard InChI is InChI=1S/C12H22O2/c1-2-3-4-5-6-7-11-8-9-12(10-13)14-11/h10-12H,2-9H2,1H3/t11-,12-/m0/s1. The van der Waals surface area contributed by atoms with Gasteiger partial charge >= 0.3 is 0 Å². The Morgan fingerprint density at radius 2 is 2.00 bits per heavy atom. The van der Waals surface area contributed by atoms with Crippen LogP contribution in [0.15, 0.2) is 0 Å². The Morgan fingerprint density at radius 1 is 1.21 bits per heavy atom. The number of rotatable bonds is 7. The van der Waals surface area contributed by atoms with Gasteiger partial charge in [-0.3, -0.25) is 0 Å². The Kier molecular flexibility index (Phi) is 5.85. The van der Waals surface area contributed by atoms with Crippen LogP contribution in [0.25, 0.3) is 0 Å². The Labute approximate surface area is 87.0 Å². The smallest absolute Gasteiger partial charge is 0.148 e. The predicted octanol–water partition coefficient (Wildman–Crippen LogP) is 3.09. The second kappa shape index (κ2) is 6.99. The van der Waals surface area contributed by atoms with Crippen molar-refractivity contribution in [2.24, 2.45) is 0 Å². The van der Waals surface area contributed by atoms with E-state index in [1.165, 1.54) is 32.1 Å². The zero-order valence-corrected chi connectivity index (χ0v) is 9.21. The van der Waals surface area contributed by atoms with Crippen LogP contribution in [-0.2, 0) is 9.53 Å². The fourth-order valence-electron chi connectivity index (χ4n) is 2.02. The van der Waals surface area contributed by atoms with Gasteiger partial charge in [-0.05, 0) is 19.3 Å². The van der Waals surface area contributed by atoms with Crippen LogP contribution in [0.3, 0.4) is 0 Å². The van der Waals surface area contributed by atoms with Gasteiger partial charge in [0.15, 0.2) is 0 Å². The van der Waals surface area contributed by atoms with Crippen molar-refractivity contribution in [3.63, 3.8) is 0 Å². The summed E-state index contributed by atoms with van der Waals surface area (Å²) in [6, 6.07) is 0. The molecule has 0 amide bonds. The Hall–Kier alpha value is -0.370. The van der Waals surface area contributed by atoms with E-state index in [0.29, 0.717) is 6.10 Å². The number of carbonyl (C=O) groups is 1. The average molecular weight is 198 g/mol. The van der Waals surface area contributed by atoms with Gasteiger partial charge in [-0.2, -0.15) is 0 Å². The van der Waals surface area contributed by atoms with Crippen LogP contribution < -0.4 is 0 Å². The largest absolute Gasteiger partial charge is 0.368 e. The molecule has 0 saturated carbocycles. The van der Waals surface area contributed by atoms with E-state index in [4.69, 9.17) is 4.74 Å². The molecule has 1 saturated heterocycles. The summed E-state index contributed by atoms with van der Waals surface area (Å²) in [5, 5.41) is 0. The lowest BCUT2D eigenvalue weighted by atomic mass is 10.1. The van der Waals surface area contributed by atoms with Gasteiger partial charge in [-0.1, -0.05) is 39.0 Å². The summed E-state index contributed by atoms with van der Waals surface area (Å²) < 4.78 is 5.55. The molecule has 1 aliphatic heterocycles. The molecule has 2 heteroatoms. The number of unbranched alkanes of at least 4 members (excludes halogenated alkanes) is 4. The molecular formula is C12H22O2. The molecule has 1 fully saturated rings. The first-order valence-corrected chi connectivity index (χ1v) is 5.97. The summed E-state index contributed by atoms with van der Waals surface area (Å²) in [4.78, 5) is 10.4. The maximum absolute atomic E-state index is 10.4. The molecule has 0 aromatic carbocycles. The third-order valence-electron chi connectivity index (χ3n) is 2.92. The fourth-order valence-corrected chi connectivity index (χ4v) is 2.02. The second-order valence-corrected chi connectivity index (χ2v) is 4.21. The molecule has 82 valence electrons. The lowest BCUT2D eigenvalue weighted by Crippen LogP contribution is -2.11. The van der Waals surface area contributed by atoms with E-state index in [1.54, 1.807) is 0 Å². The number of hydrogen-bond donors (Lipinski definition) is 0. The summed E-state index contributed by atoms with van der Waals surface area (Å²) >= 11 is 0. The molecule has 1 heterocycles. The lowest BCUT2D eigenvalue weighted by Gasteiger charge is -2.09. The van der Waals surface area contributed by atoms with Crippen LogP contribution in [0, 0.1) is 0 Å². The van der Waals surface area contributed by atoms with Crippen molar-refractivity contribution in [2.75, 3.05) is 0 Å². The minimum atomic E-state index is -0.101. The first-order valence-electron chi connectivity index (χ1n) is 5.97. The molecule has 0 N–H and O–H groups in total. The van der Waals surface area contributed by atoms with E-state index in [0.717, 1.165) is 25.5 Å². The van der Waals surface area contributed by atoms with E-state index in [9.17, 15) is 4.79 Å². The number of hydrogen-bond acceptors (Lipinski definition) is 2. The van der Waals surface area contributed by atoms with Crippen LogP contribution >= 0.6 is 0 Å². The van der Waals surface area contributed by atoms with Gasteiger partial charge in [0.1, 0.15) is 12.4 Å². The molecule has 14 heavy (non-hydrogen) atoms. The maximum Gasteiger partial charge on any atom is 0.148 e. The van der Waals surface area contributed by atoms with Crippen LogP contribution in [0.5, 0.6) is 0 Å². The third kappa shape index (κ3) is 4.23. The second-order valence-electron chi connectivity index (χ2n) is 4.21. The number of aldehydes is 1. The predicted molar refractivity (Wildman–Crippen MR) is 57.3 cm³/mol. The highest BCUT2D eigenvalue weighted by Crippen LogP contribution is 2.22. The Bertz CT molecular complexity index is 156. The third-order valence-corrected chi connectivity index (χ3v) is 2.92. The summed E-state index contributed by atoms with van der Waals surface area (Å²) in [6.07, 6.45) is 10.9. The summed E-state index contributed by atoms with van der Waals surface area (Å²) in [7, 11) is 0. The summed E-state index contributed by atoms with van der Waals surface area (Å²) in [5.41, 5.74) is 0. The van der Waals surface area contributed by atoms with Crippen molar-refractivity contribution in [1.82, 2.24) is 0 Å². The minimum absolute atomic E-state index is 0.101. The average Bonchev–Trinajstić information content (AvgIpc) is 2.65. The fraction of sp³-hybridized carbons (Fsp3) is 0.917. The maximum atomic E-state index is 10.4. The van der Waals surface area contributed by atoms with Gasteiger partial charge in [0.25, 0.3) is 0 Å². The molecule has 0 radical (unpaired) electrons. The monoisotopic (exact) mass is 198 g/mol. The van der Waals surface area contributed by atoms with Gasteiger partial charge in [-0.25, -0.2) is 0 Å². The van der Waals surface area contributed by atoms with Gasteiger partial charge in [0, 0.05) is 0 Å². The van der Waals surface area contributed by atoms with Crippen molar-refractivity contribution in [2.45, 2.75) is 70.5 Å². The van der Waals surface area contributed by atoms with Gasteiger partial charge in [0.2, 0.25) is 0 Å². The van der Waals surface area contributed by atoms with Crippen LogP contribution in [0.1, 0.15) is 58.3 Å². The molecule has 2 nitrogen and oxygen atoms in total. The normalized spacial score (nSPS) is 26.6. The highest BCUT2D eigenvalue weighted by atomic mass is 16.5. The van der Waals surface area contributed by atoms with Crippen LogP contribution in [0.2, 0.25) is 0 Å². The van der Waals surface area contributed by atoms with Crippen molar-refractivity contribution in [3.8, 4) is 0 Å². The van der Waals surface area contributed by atoms with Crippen LogP contribution in [-0.4, -0.2) is 18.5 Å². The van der Waals surface area contributed by atoms with Gasteiger partial charge < -0.3 is 9.53 Å². The van der Waals surface area contributed by atoms with Crippen molar-refractivity contribution in [3.05, 3.63) is 0 Å². The quantitative estimate of drug-likeness (QED) is 0.464. The zero-order valence-electron chi connectivity index (χ0n) is 9.21. The molecule has 0 aromatic rings. The molecule has 0 unspecified atom stereocenters. The molecular weight excluding hydrogens is 176 g/mol. The van der Waals surface area contributed by atoms with E-state index in [-0.39, 0.29) is 6.10 Å². The molecule has 0 spiro atoms. The van der Waals surface area contributed by atoms with Gasteiger partial charge in [-0.15, -0.1) is 0 Å². The molecule has 1 rings (SSSR count). The zero-order chi connectivity index (χ0) is 10.2.